The summed E-state index contributed by atoms with van der Waals surface area (Å²) in [7, 11) is 1.57. The van der Waals surface area contributed by atoms with Crippen molar-refractivity contribution in [3.8, 4) is 0 Å². The zero-order valence-corrected chi connectivity index (χ0v) is 5.46. The molecule has 1 aliphatic rings. The van der Waals surface area contributed by atoms with E-state index in [0.29, 0.717) is 0 Å². The minimum absolute atomic E-state index is 0.245. The van der Waals surface area contributed by atoms with Gasteiger partial charge in [0.2, 0.25) is 0 Å². The topological polar surface area (TPSA) is 40.2 Å². The fourth-order valence-corrected chi connectivity index (χ4v) is 0.923. The molecule has 0 saturated heterocycles. The van der Waals surface area contributed by atoms with E-state index in [1.807, 2.05) is 0 Å². The maximum absolute atomic E-state index is 10.1. The maximum atomic E-state index is 10.1. The molecule has 0 aliphatic heterocycles. The summed E-state index contributed by atoms with van der Waals surface area (Å²) in [5.41, 5.74) is 0. The number of carbonyl (C=O) groups excluding carboxylic acids is 1. The molecule has 0 atom stereocenters. The van der Waals surface area contributed by atoms with Crippen LogP contribution in [0.3, 0.4) is 0 Å². The van der Waals surface area contributed by atoms with Gasteiger partial charge in [-0.2, -0.15) is 0 Å². The summed E-state index contributed by atoms with van der Waals surface area (Å²) in [6.45, 7) is 0. The van der Waals surface area contributed by atoms with Crippen molar-refractivity contribution in [1.82, 2.24) is 4.90 Å². The average Bonchev–Trinajstić information content (AvgIpc) is 1.60. The predicted octanol–water partition coefficient (Wildman–Crippen LogP) is 1.02. The number of hydrogen-bond acceptors (Lipinski definition) is 1. The molecule has 0 bridgehead atoms. The second-order valence-corrected chi connectivity index (χ2v) is 2.46. The van der Waals surface area contributed by atoms with Gasteiger partial charge in [0.1, 0.15) is 0 Å². The Hall–Kier alpha value is -0.730. The van der Waals surface area contributed by atoms with Crippen LogP contribution in [0.1, 0.15) is 19.3 Å². The summed E-state index contributed by atoms with van der Waals surface area (Å²) >= 11 is 0. The van der Waals surface area contributed by atoms with E-state index >= 15 is 0 Å². The molecule has 1 rings (SSSR count). The van der Waals surface area contributed by atoms with Crippen LogP contribution < -0.4 is 0 Å². The number of carbonyl (C=O) groups is 1. The van der Waals surface area contributed by atoms with Gasteiger partial charge in [0.15, 0.2) is 0 Å². The fraction of sp³-hybridized carbons (Fsp3) is 0.833. The van der Waals surface area contributed by atoms with Crippen molar-refractivity contribution in [2.24, 2.45) is 0 Å². The lowest BCUT2D eigenvalue weighted by molar-refractivity contribution is 0.0931. The first kappa shape index (κ1) is 6.39. The zero-order valence-electron chi connectivity index (χ0n) is 5.46. The van der Waals surface area contributed by atoms with Gasteiger partial charge in [0.05, 0.1) is 0 Å². The van der Waals surface area contributed by atoms with Crippen LogP contribution in [0.4, 0.5) is 4.79 Å². The van der Waals surface area contributed by atoms with Crippen molar-refractivity contribution in [2.75, 3.05) is 7.05 Å². The number of nitrogens with zero attached hydrogens (tertiary/aromatic N) is 1. The Balaban J connectivity index is 2.32. The second-order valence-electron chi connectivity index (χ2n) is 2.46. The standard InChI is InChI=1S/C6H10NO2/c1-7(6(8)9)5-3-2-4-5/h5H,2-4H2,1H3. The molecule has 0 N–H and O–H groups in total. The summed E-state index contributed by atoms with van der Waals surface area (Å²) in [5, 5.41) is 10.1. The van der Waals surface area contributed by atoms with E-state index in [1.54, 1.807) is 7.05 Å². The third kappa shape index (κ3) is 1.15. The monoisotopic (exact) mass is 128 g/mol. The molecule has 0 heterocycles. The van der Waals surface area contributed by atoms with Crippen LogP contribution in [0.5, 0.6) is 0 Å². The summed E-state index contributed by atoms with van der Waals surface area (Å²) in [5.74, 6) is 0. The summed E-state index contributed by atoms with van der Waals surface area (Å²) in [6, 6.07) is 0.245. The van der Waals surface area contributed by atoms with Crippen LogP contribution in [-0.2, 0) is 5.11 Å². The largest absolute Gasteiger partial charge is 0.453 e. The lowest BCUT2D eigenvalue weighted by atomic mass is 9.92. The summed E-state index contributed by atoms with van der Waals surface area (Å²) < 4.78 is 0. The molecule has 1 saturated carbocycles. The Morgan fingerprint density at radius 2 is 2.11 bits per heavy atom. The molecule has 1 fully saturated rings. The highest BCUT2D eigenvalue weighted by Gasteiger charge is 2.25. The van der Waals surface area contributed by atoms with E-state index in [4.69, 9.17) is 0 Å². The highest BCUT2D eigenvalue weighted by molar-refractivity contribution is 5.64. The Labute approximate surface area is 54.3 Å². The Bertz CT molecular complexity index is 120. The lowest BCUT2D eigenvalue weighted by Gasteiger charge is -2.31. The van der Waals surface area contributed by atoms with E-state index in [-0.39, 0.29) is 6.04 Å². The van der Waals surface area contributed by atoms with Gasteiger partial charge in [-0.3, -0.25) is 0 Å². The molecule has 1 aliphatic carbocycles. The molecular formula is C6H10NO2. The molecule has 3 heteroatoms. The van der Waals surface area contributed by atoms with Gasteiger partial charge in [-0.05, 0) is 19.3 Å². The number of hydrogen-bond donors (Lipinski definition) is 0. The first-order valence-electron chi connectivity index (χ1n) is 3.15. The predicted molar refractivity (Wildman–Crippen MR) is 31.5 cm³/mol. The zero-order chi connectivity index (χ0) is 6.85. The van der Waals surface area contributed by atoms with Gasteiger partial charge in [-0.25, -0.2) is 9.90 Å². The molecule has 9 heavy (non-hydrogen) atoms. The van der Waals surface area contributed by atoms with Crippen molar-refractivity contribution in [3.63, 3.8) is 0 Å². The first-order valence-corrected chi connectivity index (χ1v) is 3.15. The van der Waals surface area contributed by atoms with Gasteiger partial charge < -0.3 is 4.90 Å². The van der Waals surface area contributed by atoms with E-state index in [2.05, 4.69) is 0 Å². The van der Waals surface area contributed by atoms with Gasteiger partial charge >= 0.3 is 6.09 Å². The summed E-state index contributed by atoms with van der Waals surface area (Å²) in [4.78, 5) is 11.4. The van der Waals surface area contributed by atoms with Crippen LogP contribution in [0.25, 0.3) is 0 Å². The van der Waals surface area contributed by atoms with Crippen LogP contribution in [-0.4, -0.2) is 24.1 Å². The Morgan fingerprint density at radius 3 is 2.22 bits per heavy atom. The Morgan fingerprint density at radius 1 is 1.56 bits per heavy atom. The minimum atomic E-state index is -1.06. The van der Waals surface area contributed by atoms with Gasteiger partial charge in [-0.15, -0.1) is 0 Å². The molecule has 1 radical (unpaired) electrons. The van der Waals surface area contributed by atoms with Crippen LogP contribution >= 0.6 is 0 Å². The summed E-state index contributed by atoms with van der Waals surface area (Å²) in [6.07, 6.45) is 2.11. The first-order chi connectivity index (χ1) is 4.22. The fourth-order valence-electron chi connectivity index (χ4n) is 0.923. The molecule has 51 valence electrons. The molecular weight excluding hydrogens is 118 g/mol. The van der Waals surface area contributed by atoms with Crippen molar-refractivity contribution in [3.05, 3.63) is 0 Å². The van der Waals surface area contributed by atoms with Gasteiger partial charge in [0.25, 0.3) is 0 Å². The van der Waals surface area contributed by atoms with Gasteiger partial charge in [0, 0.05) is 13.1 Å². The third-order valence-electron chi connectivity index (χ3n) is 1.91. The Kier molecular flexibility index (Phi) is 1.60. The van der Waals surface area contributed by atoms with Crippen molar-refractivity contribution in [1.29, 1.82) is 0 Å². The molecule has 0 aromatic rings. The second kappa shape index (κ2) is 2.25. The van der Waals surface area contributed by atoms with Crippen LogP contribution in [0, 0.1) is 0 Å². The molecule has 0 unspecified atom stereocenters. The lowest BCUT2D eigenvalue weighted by Crippen LogP contribution is -2.39. The van der Waals surface area contributed by atoms with E-state index < -0.39 is 6.09 Å². The molecule has 0 spiro atoms. The maximum Gasteiger partial charge on any atom is 0.453 e. The van der Waals surface area contributed by atoms with E-state index in [0.717, 1.165) is 19.3 Å². The molecule has 0 aromatic carbocycles. The number of rotatable bonds is 1. The average molecular weight is 128 g/mol. The quantitative estimate of drug-likeness (QED) is 0.519. The van der Waals surface area contributed by atoms with Crippen LogP contribution in [0.2, 0.25) is 0 Å². The third-order valence-corrected chi connectivity index (χ3v) is 1.91. The SMILES string of the molecule is CN(C([O])=O)C1CCC1. The minimum Gasteiger partial charge on any atom is -0.305 e. The van der Waals surface area contributed by atoms with Crippen LogP contribution in [0.15, 0.2) is 0 Å². The number of amides is 1. The van der Waals surface area contributed by atoms with Crippen molar-refractivity contribution < 1.29 is 9.90 Å². The molecule has 1 amide bonds. The molecule has 0 aromatic heterocycles. The van der Waals surface area contributed by atoms with E-state index in [1.165, 1.54) is 4.90 Å². The van der Waals surface area contributed by atoms with Crippen molar-refractivity contribution in [2.45, 2.75) is 25.3 Å². The van der Waals surface area contributed by atoms with Crippen molar-refractivity contribution >= 4 is 6.09 Å². The van der Waals surface area contributed by atoms with Gasteiger partial charge in [-0.1, -0.05) is 0 Å². The van der Waals surface area contributed by atoms with E-state index in [9.17, 15) is 9.90 Å². The highest BCUT2D eigenvalue weighted by atomic mass is 16.4. The molecule has 3 nitrogen and oxygen atoms in total. The smallest absolute Gasteiger partial charge is 0.305 e. The normalized spacial score (nSPS) is 18.8. The highest BCUT2D eigenvalue weighted by Crippen LogP contribution is 2.23.